The minimum atomic E-state index is -0.909. The summed E-state index contributed by atoms with van der Waals surface area (Å²) in [6, 6.07) is 15.1. The molecule has 0 aliphatic carbocycles. The number of rotatable bonds is 3. The summed E-state index contributed by atoms with van der Waals surface area (Å²) in [4.78, 5) is 27.1. The smallest absolute Gasteiger partial charge is 0.351 e. The van der Waals surface area contributed by atoms with Crippen LogP contribution in [0.1, 0.15) is 25.8 Å². The first-order valence-corrected chi connectivity index (χ1v) is 9.53. The van der Waals surface area contributed by atoms with E-state index in [9.17, 15) is 9.59 Å². The minimum Gasteiger partial charge on any atom is -0.482 e. The van der Waals surface area contributed by atoms with Gasteiger partial charge in [-0.3, -0.25) is 4.79 Å². The lowest BCUT2D eigenvalue weighted by Crippen LogP contribution is -2.47. The molecule has 0 saturated heterocycles. The monoisotopic (exact) mass is 381 g/mol. The third-order valence-electron chi connectivity index (χ3n) is 5.20. The number of fused-ring (bicyclic) bond motifs is 2. The Bertz CT molecular complexity index is 896. The maximum absolute atomic E-state index is 12.8. The number of anilines is 1. The van der Waals surface area contributed by atoms with E-state index < -0.39 is 18.2 Å². The van der Waals surface area contributed by atoms with Gasteiger partial charge in [-0.25, -0.2) is 4.79 Å². The maximum atomic E-state index is 12.8. The van der Waals surface area contributed by atoms with Gasteiger partial charge in [-0.2, -0.15) is 0 Å². The van der Waals surface area contributed by atoms with Gasteiger partial charge in [-0.05, 0) is 50.5 Å². The summed E-state index contributed by atoms with van der Waals surface area (Å²) in [7, 11) is 0. The van der Waals surface area contributed by atoms with E-state index in [4.69, 9.17) is 14.2 Å². The molecule has 0 aromatic heterocycles. The number of hydrogen-bond acceptors (Lipinski definition) is 5. The third-order valence-corrected chi connectivity index (χ3v) is 5.20. The Balaban J connectivity index is 1.42. The highest BCUT2D eigenvalue weighted by atomic mass is 16.6. The average Bonchev–Trinajstić information content (AvgIpc) is 2.71. The minimum absolute atomic E-state index is 0.0566. The highest BCUT2D eigenvalue weighted by Crippen LogP contribution is 2.34. The van der Waals surface area contributed by atoms with Gasteiger partial charge in [-0.1, -0.05) is 30.3 Å². The number of carbonyl (C=O) groups excluding carboxylic acids is 2. The highest BCUT2D eigenvalue weighted by Gasteiger charge is 2.36. The summed E-state index contributed by atoms with van der Waals surface area (Å²) < 4.78 is 16.8. The zero-order chi connectivity index (χ0) is 19.7. The summed E-state index contributed by atoms with van der Waals surface area (Å²) in [5.74, 6) is 0.243. The molecule has 2 aromatic carbocycles. The molecule has 0 saturated carbocycles. The number of esters is 1. The van der Waals surface area contributed by atoms with Gasteiger partial charge in [0.15, 0.2) is 18.1 Å². The highest BCUT2D eigenvalue weighted by molar-refractivity contribution is 5.97. The van der Waals surface area contributed by atoms with Crippen molar-refractivity contribution in [2.24, 2.45) is 0 Å². The zero-order valence-electron chi connectivity index (χ0n) is 16.0. The van der Waals surface area contributed by atoms with Crippen LogP contribution in [0.5, 0.6) is 11.5 Å². The number of ether oxygens (including phenoxy) is 3. The largest absolute Gasteiger partial charge is 0.482 e. The summed E-state index contributed by atoms with van der Waals surface area (Å²) in [5.41, 5.74) is 2.02. The second kappa shape index (κ2) is 7.54. The molecule has 6 nitrogen and oxygen atoms in total. The quantitative estimate of drug-likeness (QED) is 0.765. The molecule has 0 N–H and O–H groups in total. The predicted molar refractivity (Wildman–Crippen MR) is 104 cm³/mol. The van der Waals surface area contributed by atoms with Crippen molar-refractivity contribution in [3.05, 3.63) is 54.1 Å². The molecule has 28 heavy (non-hydrogen) atoms. The van der Waals surface area contributed by atoms with Crippen LogP contribution in [0.3, 0.4) is 0 Å². The molecule has 146 valence electrons. The van der Waals surface area contributed by atoms with Gasteiger partial charge < -0.3 is 19.1 Å². The molecule has 6 heteroatoms. The Labute approximate surface area is 164 Å². The van der Waals surface area contributed by atoms with Gasteiger partial charge in [0.1, 0.15) is 6.10 Å². The molecule has 2 heterocycles. The van der Waals surface area contributed by atoms with Crippen LogP contribution in [0.2, 0.25) is 0 Å². The van der Waals surface area contributed by atoms with Crippen molar-refractivity contribution in [3.63, 3.8) is 0 Å². The van der Waals surface area contributed by atoms with E-state index in [-0.39, 0.29) is 18.6 Å². The van der Waals surface area contributed by atoms with E-state index in [1.807, 2.05) is 37.3 Å². The van der Waals surface area contributed by atoms with Crippen LogP contribution in [-0.2, 0) is 20.7 Å². The number of amides is 1. The molecule has 2 aliphatic heterocycles. The Kier molecular flexibility index (Phi) is 4.94. The molecular weight excluding hydrogens is 358 g/mol. The second-order valence-corrected chi connectivity index (χ2v) is 7.20. The Morgan fingerprint density at radius 1 is 1.04 bits per heavy atom. The van der Waals surface area contributed by atoms with Crippen molar-refractivity contribution >= 4 is 17.6 Å². The molecule has 0 radical (unpaired) electrons. The van der Waals surface area contributed by atoms with E-state index >= 15 is 0 Å². The van der Waals surface area contributed by atoms with Crippen LogP contribution >= 0.6 is 0 Å². The Morgan fingerprint density at radius 3 is 2.50 bits per heavy atom. The molecule has 3 unspecified atom stereocenters. The van der Waals surface area contributed by atoms with Gasteiger partial charge in [0.2, 0.25) is 6.10 Å². The topological polar surface area (TPSA) is 65.1 Å². The first kappa shape index (κ1) is 18.3. The van der Waals surface area contributed by atoms with Crippen molar-refractivity contribution in [2.75, 3.05) is 11.5 Å². The summed E-state index contributed by atoms with van der Waals surface area (Å²) in [6.45, 7) is 3.42. The van der Waals surface area contributed by atoms with E-state index in [1.54, 1.807) is 30.0 Å². The third kappa shape index (κ3) is 3.42. The van der Waals surface area contributed by atoms with Crippen LogP contribution < -0.4 is 14.4 Å². The molecule has 2 aliphatic rings. The molecule has 0 bridgehead atoms. The van der Waals surface area contributed by atoms with Crippen molar-refractivity contribution in [1.29, 1.82) is 0 Å². The predicted octanol–water partition coefficient (Wildman–Crippen LogP) is 3.13. The maximum Gasteiger partial charge on any atom is 0.351 e. The standard InChI is InChI=1S/C22H23NO5/c1-14-11-12-16-7-3-4-8-17(16)23(14)20(24)13-26-22(25)21-15(2)27-18-9-5-6-10-19(18)28-21/h3-10,14-15,21H,11-13H2,1-2H3. The summed E-state index contributed by atoms with van der Waals surface area (Å²) >= 11 is 0. The lowest BCUT2D eigenvalue weighted by Gasteiger charge is -2.35. The number of nitrogens with zero attached hydrogens (tertiary/aromatic N) is 1. The van der Waals surface area contributed by atoms with Crippen molar-refractivity contribution in [2.45, 2.75) is 44.9 Å². The number of hydrogen-bond donors (Lipinski definition) is 0. The Hall–Kier alpha value is -3.02. The van der Waals surface area contributed by atoms with Gasteiger partial charge in [0, 0.05) is 11.7 Å². The fraction of sp³-hybridized carbons (Fsp3) is 0.364. The fourth-order valence-corrected chi connectivity index (χ4v) is 3.73. The number of carbonyl (C=O) groups is 2. The van der Waals surface area contributed by atoms with Gasteiger partial charge in [0.25, 0.3) is 5.91 Å². The van der Waals surface area contributed by atoms with E-state index in [0.717, 1.165) is 24.1 Å². The van der Waals surface area contributed by atoms with E-state index in [1.165, 1.54) is 0 Å². The first-order chi connectivity index (χ1) is 13.5. The van der Waals surface area contributed by atoms with Gasteiger partial charge >= 0.3 is 5.97 Å². The molecule has 0 fully saturated rings. The van der Waals surface area contributed by atoms with Crippen LogP contribution in [0.25, 0.3) is 0 Å². The normalized spacial score (nSPS) is 22.9. The molecule has 3 atom stereocenters. The molecular formula is C22H23NO5. The van der Waals surface area contributed by atoms with Gasteiger partial charge in [-0.15, -0.1) is 0 Å². The van der Waals surface area contributed by atoms with Crippen LogP contribution in [0, 0.1) is 0 Å². The second-order valence-electron chi connectivity index (χ2n) is 7.20. The van der Waals surface area contributed by atoms with Crippen LogP contribution in [0.15, 0.2) is 48.5 Å². The SMILES string of the molecule is CC1Oc2ccccc2OC1C(=O)OCC(=O)N1c2ccccc2CCC1C. The summed E-state index contributed by atoms with van der Waals surface area (Å²) in [6.07, 6.45) is 0.399. The number of aryl methyl sites for hydroxylation is 1. The van der Waals surface area contributed by atoms with Crippen molar-refractivity contribution in [1.82, 2.24) is 0 Å². The first-order valence-electron chi connectivity index (χ1n) is 9.53. The zero-order valence-corrected chi connectivity index (χ0v) is 16.0. The van der Waals surface area contributed by atoms with E-state index in [0.29, 0.717) is 11.5 Å². The fourth-order valence-electron chi connectivity index (χ4n) is 3.73. The van der Waals surface area contributed by atoms with Crippen LogP contribution in [0.4, 0.5) is 5.69 Å². The Morgan fingerprint density at radius 2 is 1.71 bits per heavy atom. The molecule has 2 aromatic rings. The lowest BCUT2D eigenvalue weighted by molar-refractivity contribution is -0.160. The van der Waals surface area contributed by atoms with Gasteiger partial charge in [0.05, 0.1) is 0 Å². The molecule has 4 rings (SSSR count). The summed E-state index contributed by atoms with van der Waals surface area (Å²) in [5, 5.41) is 0. The lowest BCUT2D eigenvalue weighted by atomic mass is 9.96. The van der Waals surface area contributed by atoms with Crippen molar-refractivity contribution < 1.29 is 23.8 Å². The van der Waals surface area contributed by atoms with Crippen molar-refractivity contribution in [3.8, 4) is 11.5 Å². The molecule has 0 spiro atoms. The van der Waals surface area contributed by atoms with Crippen LogP contribution in [-0.4, -0.2) is 36.7 Å². The number of benzene rings is 2. The van der Waals surface area contributed by atoms with E-state index in [2.05, 4.69) is 0 Å². The average molecular weight is 381 g/mol. The molecule has 1 amide bonds. The number of para-hydroxylation sites is 3.